The minimum Gasteiger partial charge on any atom is -0.423 e. The molecule has 43 heavy (non-hydrogen) atoms. The summed E-state index contributed by atoms with van der Waals surface area (Å²) >= 11 is 0. The van der Waals surface area contributed by atoms with E-state index in [9.17, 15) is 83.5 Å². The molecule has 0 aromatic heterocycles. The van der Waals surface area contributed by atoms with Crippen molar-refractivity contribution >= 4 is 15.8 Å². The van der Waals surface area contributed by atoms with Crippen LogP contribution in [0.1, 0.15) is 22.3 Å². The van der Waals surface area contributed by atoms with Crippen molar-refractivity contribution < 1.29 is 88.2 Å². The van der Waals surface area contributed by atoms with Crippen LogP contribution < -0.4 is 4.74 Å². The van der Waals surface area contributed by atoms with Crippen molar-refractivity contribution in [1.29, 1.82) is 0 Å². The highest BCUT2D eigenvalue weighted by atomic mass is 32.2. The highest BCUT2D eigenvalue weighted by molar-refractivity contribution is 7.91. The van der Waals surface area contributed by atoms with Gasteiger partial charge in [0, 0.05) is 6.42 Å². The molecule has 242 valence electrons. The summed E-state index contributed by atoms with van der Waals surface area (Å²) in [6.45, 7) is 0. The molecule has 0 saturated heterocycles. The van der Waals surface area contributed by atoms with Gasteiger partial charge in [0.05, 0.1) is 21.8 Å². The highest BCUT2D eigenvalue weighted by Gasteiger charge is 2.90. The van der Waals surface area contributed by atoms with E-state index in [2.05, 4.69) is 0 Å². The minimum atomic E-state index is -8.13. The summed E-state index contributed by atoms with van der Waals surface area (Å²) in [5.74, 6) is -42.4. The molecular formula is C22H12F16O4S. The second kappa shape index (κ2) is 11.0. The summed E-state index contributed by atoms with van der Waals surface area (Å²) in [5, 5.41) is 0. The van der Waals surface area contributed by atoms with Crippen molar-refractivity contribution in [1.82, 2.24) is 0 Å². The molecule has 0 radical (unpaired) electrons. The van der Waals surface area contributed by atoms with Crippen LogP contribution in [0.5, 0.6) is 5.75 Å². The Morgan fingerprint density at radius 2 is 1.05 bits per heavy atom. The maximum absolute atomic E-state index is 13.9. The summed E-state index contributed by atoms with van der Waals surface area (Å²) in [4.78, 5) is 11.0. The van der Waals surface area contributed by atoms with Crippen LogP contribution in [-0.4, -0.2) is 55.9 Å². The van der Waals surface area contributed by atoms with Gasteiger partial charge in [-0.25, -0.2) is 13.2 Å². The zero-order valence-corrected chi connectivity index (χ0v) is 20.9. The van der Waals surface area contributed by atoms with Crippen LogP contribution >= 0.6 is 0 Å². The quantitative estimate of drug-likeness (QED) is 0.146. The molecule has 0 fully saturated rings. The van der Waals surface area contributed by atoms with Crippen LogP contribution in [0.15, 0.2) is 53.4 Å². The molecule has 0 N–H and O–H groups in total. The van der Waals surface area contributed by atoms with Crippen LogP contribution in [0.4, 0.5) is 70.2 Å². The van der Waals surface area contributed by atoms with Crippen molar-refractivity contribution in [3.05, 3.63) is 59.7 Å². The van der Waals surface area contributed by atoms with E-state index in [0.717, 1.165) is 0 Å². The molecule has 21 heteroatoms. The Kier molecular flexibility index (Phi) is 9.21. The molecule has 2 rings (SSSR count). The van der Waals surface area contributed by atoms with Gasteiger partial charge in [0.25, 0.3) is 0 Å². The Labute approximate surface area is 229 Å². The topological polar surface area (TPSA) is 60.4 Å². The van der Waals surface area contributed by atoms with E-state index < -0.39 is 91.7 Å². The van der Waals surface area contributed by atoms with Crippen molar-refractivity contribution in [3.8, 4) is 5.75 Å². The van der Waals surface area contributed by atoms with E-state index in [-0.39, 0.29) is 0 Å². The van der Waals surface area contributed by atoms with E-state index in [4.69, 9.17) is 4.74 Å². The number of halogens is 16. The number of carbonyl (C=O) groups excluding carboxylic acids is 1. The average Bonchev–Trinajstić information content (AvgIpc) is 2.86. The molecule has 0 saturated carbocycles. The summed E-state index contributed by atoms with van der Waals surface area (Å²) in [6.07, 6.45) is -15.3. The molecule has 4 nitrogen and oxygen atoms in total. The predicted molar refractivity (Wildman–Crippen MR) is 110 cm³/mol. The van der Waals surface area contributed by atoms with Gasteiger partial charge in [-0.1, -0.05) is 0 Å². The second-order valence-electron chi connectivity index (χ2n) is 8.50. The molecule has 0 amide bonds. The molecular weight excluding hydrogens is 664 g/mol. The lowest BCUT2D eigenvalue weighted by atomic mass is 9.93. The van der Waals surface area contributed by atoms with E-state index in [0.29, 0.717) is 48.5 Å². The largest absolute Gasteiger partial charge is 0.460 e. The first-order chi connectivity index (χ1) is 19.0. The smallest absolute Gasteiger partial charge is 0.423 e. The Morgan fingerprint density at radius 3 is 1.47 bits per heavy atom. The first-order valence-electron chi connectivity index (χ1n) is 10.7. The normalized spacial score (nSPS) is 14.5. The van der Waals surface area contributed by atoms with Crippen LogP contribution in [-0.2, 0) is 16.0 Å². The third kappa shape index (κ3) is 6.64. The van der Waals surface area contributed by atoms with Gasteiger partial charge in [0.2, 0.25) is 0 Å². The fourth-order valence-corrected chi connectivity index (χ4v) is 4.33. The number of carbonyl (C=O) groups is 1. The summed E-state index contributed by atoms with van der Waals surface area (Å²) in [7, 11) is -5.22. The molecule has 0 unspecified atom stereocenters. The fraction of sp³-hybridized carbons (Fsp3) is 0.409. The standard InChI is InChI=1S/C22H12F16O4S/c23-16(24,18(28,29)19(30,31)20(32,33)21(34,35)22(36,37)38)9-10-43(40,41)14-7-5-13(6-8-14)42-15(39)11-1-3-12(4-2-11)17(25,26)27/h1-8H,9-10H2. The third-order valence-corrected chi connectivity index (χ3v) is 7.26. The third-order valence-electron chi connectivity index (χ3n) is 5.52. The number of sulfone groups is 1. The van der Waals surface area contributed by atoms with Crippen LogP contribution in [0, 0.1) is 0 Å². The molecule has 2 aromatic rings. The zero-order valence-electron chi connectivity index (χ0n) is 20.1. The number of hydrogen-bond acceptors (Lipinski definition) is 4. The van der Waals surface area contributed by atoms with Crippen LogP contribution in [0.2, 0.25) is 0 Å². The lowest BCUT2D eigenvalue weighted by Crippen LogP contribution is -2.70. The monoisotopic (exact) mass is 676 g/mol. The number of hydrogen-bond donors (Lipinski definition) is 0. The minimum absolute atomic E-state index is 0.428. The van der Waals surface area contributed by atoms with Gasteiger partial charge in [-0.05, 0) is 48.5 Å². The average molecular weight is 676 g/mol. The molecule has 0 atom stereocenters. The Balaban J connectivity index is 2.20. The lowest BCUT2D eigenvalue weighted by molar-refractivity contribution is -0.439. The van der Waals surface area contributed by atoms with Gasteiger partial charge < -0.3 is 4.74 Å². The molecule has 0 aliphatic heterocycles. The van der Waals surface area contributed by atoms with Crippen molar-refractivity contribution in [2.24, 2.45) is 0 Å². The second-order valence-corrected chi connectivity index (χ2v) is 10.6. The number of alkyl halides is 16. The van der Waals surface area contributed by atoms with Gasteiger partial charge in [-0.3, -0.25) is 0 Å². The van der Waals surface area contributed by atoms with Crippen molar-refractivity contribution in [3.63, 3.8) is 0 Å². The van der Waals surface area contributed by atoms with Gasteiger partial charge >= 0.3 is 47.9 Å². The van der Waals surface area contributed by atoms with Gasteiger partial charge in [-0.15, -0.1) is 0 Å². The Hall–Kier alpha value is -3.26. The van der Waals surface area contributed by atoms with Crippen LogP contribution in [0.3, 0.4) is 0 Å². The van der Waals surface area contributed by atoms with E-state index in [1.54, 1.807) is 0 Å². The number of benzene rings is 2. The fourth-order valence-electron chi connectivity index (χ4n) is 3.02. The van der Waals surface area contributed by atoms with Crippen LogP contribution in [0.25, 0.3) is 0 Å². The molecule has 0 spiro atoms. The zero-order chi connectivity index (χ0) is 33.7. The van der Waals surface area contributed by atoms with E-state index in [1.807, 2.05) is 0 Å². The Bertz CT molecular complexity index is 1410. The lowest BCUT2D eigenvalue weighted by Gasteiger charge is -2.39. The summed E-state index contributed by atoms with van der Waals surface area (Å²) in [5.41, 5.74) is -1.55. The van der Waals surface area contributed by atoms with Gasteiger partial charge in [0.15, 0.2) is 9.84 Å². The van der Waals surface area contributed by atoms with E-state index >= 15 is 0 Å². The SMILES string of the molecule is O=C(Oc1ccc(S(=O)(=O)CCC(F)(F)C(F)(F)C(F)(F)C(F)(F)C(F)(F)C(F)(F)F)cc1)c1ccc(C(F)(F)F)cc1. The molecule has 2 aromatic carbocycles. The van der Waals surface area contributed by atoms with Gasteiger partial charge in [-0.2, -0.15) is 70.2 Å². The molecule has 0 aliphatic rings. The molecule has 0 heterocycles. The maximum Gasteiger partial charge on any atom is 0.460 e. The number of rotatable bonds is 10. The molecule has 0 bridgehead atoms. The molecule has 0 aliphatic carbocycles. The Morgan fingerprint density at radius 1 is 0.605 bits per heavy atom. The summed E-state index contributed by atoms with van der Waals surface area (Å²) in [6, 6.07) is 4.66. The first kappa shape index (κ1) is 35.9. The van der Waals surface area contributed by atoms with Crippen molar-refractivity contribution in [2.75, 3.05) is 5.75 Å². The number of esters is 1. The van der Waals surface area contributed by atoms with Crippen molar-refractivity contribution in [2.45, 2.75) is 53.3 Å². The predicted octanol–water partition coefficient (Wildman–Crippen LogP) is 7.83. The number of ether oxygens (including phenoxy) is 1. The maximum atomic E-state index is 13.9. The van der Waals surface area contributed by atoms with Gasteiger partial charge in [0.1, 0.15) is 5.75 Å². The highest BCUT2D eigenvalue weighted by Crippen LogP contribution is 2.60. The van der Waals surface area contributed by atoms with E-state index in [1.165, 1.54) is 0 Å². The first-order valence-corrected chi connectivity index (χ1v) is 12.4. The summed E-state index contributed by atoms with van der Waals surface area (Å²) < 4.78 is 238.